The van der Waals surface area contributed by atoms with Crippen molar-refractivity contribution in [1.29, 1.82) is 0 Å². The Morgan fingerprint density at radius 1 is 1.29 bits per heavy atom. The fourth-order valence-corrected chi connectivity index (χ4v) is 3.54. The van der Waals surface area contributed by atoms with Crippen molar-refractivity contribution in [1.82, 2.24) is 19.8 Å². The third kappa shape index (κ3) is 2.76. The number of H-pyrrole nitrogens is 1. The van der Waals surface area contributed by atoms with Crippen molar-refractivity contribution < 1.29 is 14.7 Å². The normalized spacial score (nSPS) is 18.3. The third-order valence-corrected chi connectivity index (χ3v) is 4.37. The zero-order valence-electron chi connectivity index (χ0n) is 13.2. The molecule has 0 unspecified atom stereocenters. The fourth-order valence-electron chi connectivity index (χ4n) is 3.54. The number of nitrogens with zero attached hydrogens (tertiary/aromatic N) is 3. The molecule has 1 spiro atoms. The van der Waals surface area contributed by atoms with Gasteiger partial charge < -0.3 is 19.9 Å². The van der Waals surface area contributed by atoms with Gasteiger partial charge in [-0.3, -0.25) is 14.4 Å². The van der Waals surface area contributed by atoms with Crippen molar-refractivity contribution in [2.75, 3.05) is 33.2 Å². The monoisotopic (exact) mass is 330 g/mol. The number of carbonyl (C=O) groups excluding carboxylic acids is 1. The molecule has 0 radical (unpaired) electrons. The van der Waals surface area contributed by atoms with Crippen molar-refractivity contribution in [3.63, 3.8) is 0 Å². The summed E-state index contributed by atoms with van der Waals surface area (Å²) < 4.78 is 0. The Balaban J connectivity index is 0.000000526. The van der Waals surface area contributed by atoms with Gasteiger partial charge in [0, 0.05) is 31.6 Å². The smallest absolute Gasteiger partial charge is 0.290 e. The number of benzene rings is 1. The summed E-state index contributed by atoms with van der Waals surface area (Å²) in [5, 5.41) is 7.40. The van der Waals surface area contributed by atoms with E-state index in [1.807, 2.05) is 6.07 Å². The molecule has 1 amide bonds. The van der Waals surface area contributed by atoms with Crippen LogP contribution < -0.4 is 5.56 Å². The van der Waals surface area contributed by atoms with Crippen LogP contribution in [0.3, 0.4) is 0 Å². The molecule has 2 saturated heterocycles. The van der Waals surface area contributed by atoms with Crippen LogP contribution in [0.1, 0.15) is 10.6 Å². The standard InChI is InChI=1S/C15H16N4O2.CH2O2/c1-18-6-15(7-18)8-19(9-15)14(21)12-16-11-5-3-2-4-10(11)13(20)17-12;2-1-3/h2-5H,6-9H2,1H3,(H,16,17,20);1H,(H,2,3). The number of fused-ring (bicyclic) bond motifs is 1. The summed E-state index contributed by atoms with van der Waals surface area (Å²) >= 11 is 0. The van der Waals surface area contributed by atoms with E-state index >= 15 is 0 Å². The number of rotatable bonds is 1. The van der Waals surface area contributed by atoms with E-state index in [2.05, 4.69) is 21.9 Å². The first-order valence-electron chi connectivity index (χ1n) is 7.53. The first kappa shape index (κ1) is 16.1. The number of aromatic nitrogens is 2. The summed E-state index contributed by atoms with van der Waals surface area (Å²) in [6, 6.07) is 7.05. The van der Waals surface area contributed by atoms with Crippen molar-refractivity contribution in [2.45, 2.75) is 0 Å². The lowest BCUT2D eigenvalue weighted by Gasteiger charge is -2.59. The zero-order chi connectivity index (χ0) is 17.3. The lowest BCUT2D eigenvalue weighted by molar-refractivity contribution is -0.122. The Hall–Kier alpha value is -2.74. The minimum atomic E-state index is -0.262. The highest BCUT2D eigenvalue weighted by Gasteiger charge is 2.52. The van der Waals surface area contributed by atoms with Crippen molar-refractivity contribution >= 4 is 23.3 Å². The highest BCUT2D eigenvalue weighted by atomic mass is 16.3. The highest BCUT2D eigenvalue weighted by molar-refractivity contribution is 5.93. The number of carboxylic acid groups (broad SMARTS) is 1. The van der Waals surface area contributed by atoms with Gasteiger partial charge >= 0.3 is 0 Å². The van der Waals surface area contributed by atoms with Gasteiger partial charge in [-0.2, -0.15) is 0 Å². The number of nitrogens with one attached hydrogen (secondary N) is 1. The SMILES string of the molecule is CN1CC2(C1)CN(C(=O)c1nc3ccccc3c(=O)[nH]1)C2.O=CO. The van der Waals surface area contributed by atoms with Gasteiger partial charge in [-0.1, -0.05) is 12.1 Å². The largest absolute Gasteiger partial charge is 0.483 e. The summed E-state index contributed by atoms with van der Waals surface area (Å²) in [7, 11) is 2.08. The van der Waals surface area contributed by atoms with Gasteiger partial charge in [0.1, 0.15) is 0 Å². The number of hydrogen-bond donors (Lipinski definition) is 2. The van der Waals surface area contributed by atoms with Gasteiger partial charge in [0.2, 0.25) is 0 Å². The molecule has 1 aromatic carbocycles. The van der Waals surface area contributed by atoms with Gasteiger partial charge in [0.05, 0.1) is 10.9 Å². The van der Waals surface area contributed by atoms with Gasteiger partial charge in [0.15, 0.2) is 5.82 Å². The fraction of sp³-hybridized carbons (Fsp3) is 0.375. The average molecular weight is 330 g/mol. The number of carbonyl (C=O) groups is 2. The zero-order valence-corrected chi connectivity index (χ0v) is 13.2. The predicted molar refractivity (Wildman–Crippen MR) is 86.9 cm³/mol. The number of likely N-dealkylation sites (tertiary alicyclic amines) is 2. The molecule has 0 saturated carbocycles. The van der Waals surface area contributed by atoms with Crippen molar-refractivity contribution in [3.8, 4) is 0 Å². The van der Waals surface area contributed by atoms with Crippen LogP contribution >= 0.6 is 0 Å². The van der Waals surface area contributed by atoms with E-state index in [1.54, 1.807) is 23.1 Å². The van der Waals surface area contributed by atoms with Crippen LogP contribution in [0.5, 0.6) is 0 Å². The molecular formula is C16H18N4O4. The molecule has 1 aromatic heterocycles. The summed E-state index contributed by atoms with van der Waals surface area (Å²) in [5.41, 5.74) is 0.576. The van der Waals surface area contributed by atoms with Crippen LogP contribution in [-0.2, 0) is 4.79 Å². The van der Waals surface area contributed by atoms with E-state index in [0.29, 0.717) is 10.9 Å². The van der Waals surface area contributed by atoms with Crippen molar-refractivity contribution in [3.05, 3.63) is 40.4 Å². The number of amides is 1. The molecule has 2 aliphatic rings. The van der Waals surface area contributed by atoms with Crippen LogP contribution in [0.2, 0.25) is 0 Å². The second-order valence-electron chi connectivity index (χ2n) is 6.37. The molecule has 2 N–H and O–H groups in total. The van der Waals surface area contributed by atoms with Gasteiger partial charge in [-0.15, -0.1) is 0 Å². The molecular weight excluding hydrogens is 312 g/mol. The number of hydrogen-bond acceptors (Lipinski definition) is 5. The minimum Gasteiger partial charge on any atom is -0.483 e. The van der Waals surface area contributed by atoms with Crippen LogP contribution in [0.25, 0.3) is 10.9 Å². The van der Waals surface area contributed by atoms with Gasteiger partial charge in [0.25, 0.3) is 17.9 Å². The summed E-state index contributed by atoms with van der Waals surface area (Å²) in [4.78, 5) is 43.7. The molecule has 4 rings (SSSR count). The minimum absolute atomic E-state index is 0.140. The topological polar surface area (TPSA) is 107 Å². The Labute approximate surface area is 137 Å². The van der Waals surface area contributed by atoms with Crippen LogP contribution in [-0.4, -0.2) is 70.5 Å². The summed E-state index contributed by atoms with van der Waals surface area (Å²) in [5.74, 6) is -0.0424. The molecule has 3 heterocycles. The molecule has 0 atom stereocenters. The first-order valence-corrected chi connectivity index (χ1v) is 7.53. The molecule has 0 aliphatic carbocycles. The predicted octanol–water partition coefficient (Wildman–Crippen LogP) is 0.0115. The maximum atomic E-state index is 12.4. The third-order valence-electron chi connectivity index (χ3n) is 4.37. The molecule has 2 fully saturated rings. The number of para-hydroxylation sites is 1. The lowest BCUT2D eigenvalue weighted by Crippen LogP contribution is -2.72. The van der Waals surface area contributed by atoms with Gasteiger partial charge in [-0.25, -0.2) is 4.98 Å². The highest BCUT2D eigenvalue weighted by Crippen LogP contribution is 2.38. The Morgan fingerprint density at radius 2 is 1.92 bits per heavy atom. The molecule has 2 aromatic rings. The van der Waals surface area contributed by atoms with Crippen LogP contribution in [0.4, 0.5) is 0 Å². The Kier molecular flexibility index (Phi) is 4.06. The lowest BCUT2D eigenvalue weighted by atomic mass is 9.73. The first-order chi connectivity index (χ1) is 11.5. The molecule has 24 heavy (non-hydrogen) atoms. The Bertz CT molecular complexity index is 833. The van der Waals surface area contributed by atoms with E-state index in [4.69, 9.17) is 9.90 Å². The molecule has 8 heteroatoms. The van der Waals surface area contributed by atoms with Crippen LogP contribution in [0.15, 0.2) is 29.1 Å². The summed E-state index contributed by atoms with van der Waals surface area (Å²) in [6.45, 7) is 3.34. The average Bonchev–Trinajstić information content (AvgIpc) is 2.49. The maximum absolute atomic E-state index is 12.4. The second-order valence-corrected chi connectivity index (χ2v) is 6.37. The van der Waals surface area contributed by atoms with Crippen LogP contribution in [0, 0.1) is 5.41 Å². The second kappa shape index (κ2) is 6.04. The van der Waals surface area contributed by atoms with E-state index in [-0.39, 0.29) is 29.2 Å². The van der Waals surface area contributed by atoms with E-state index < -0.39 is 0 Å². The van der Waals surface area contributed by atoms with E-state index in [1.165, 1.54) is 0 Å². The molecule has 126 valence electrons. The number of aromatic amines is 1. The quantitative estimate of drug-likeness (QED) is 0.714. The Morgan fingerprint density at radius 3 is 2.54 bits per heavy atom. The van der Waals surface area contributed by atoms with Gasteiger partial charge in [-0.05, 0) is 19.2 Å². The summed E-state index contributed by atoms with van der Waals surface area (Å²) in [6.07, 6.45) is 0. The van der Waals surface area contributed by atoms with E-state index in [0.717, 1.165) is 26.2 Å². The molecule has 8 nitrogen and oxygen atoms in total. The van der Waals surface area contributed by atoms with E-state index in [9.17, 15) is 9.59 Å². The molecule has 2 aliphatic heterocycles. The van der Waals surface area contributed by atoms with Crippen molar-refractivity contribution in [2.24, 2.45) is 5.41 Å². The molecule has 0 bridgehead atoms. The maximum Gasteiger partial charge on any atom is 0.290 e.